The lowest BCUT2D eigenvalue weighted by Gasteiger charge is -2.21. The summed E-state index contributed by atoms with van der Waals surface area (Å²) in [5, 5.41) is 11.7. The molecule has 1 aliphatic rings. The van der Waals surface area contributed by atoms with Crippen molar-refractivity contribution < 1.29 is 9.53 Å². The number of hydrogen-bond donors (Lipinski definition) is 1. The largest absolute Gasteiger partial charge is 0.381 e. The Morgan fingerprint density at radius 3 is 3.06 bits per heavy atom. The van der Waals surface area contributed by atoms with E-state index in [2.05, 4.69) is 27.3 Å². The molecule has 0 spiro atoms. The van der Waals surface area contributed by atoms with Crippen molar-refractivity contribution in [2.75, 3.05) is 18.5 Å². The Hall–Kier alpha value is -1.38. The number of ether oxygens (including phenoxy) is 1. The van der Waals surface area contributed by atoms with Gasteiger partial charge in [-0.1, -0.05) is 0 Å². The van der Waals surface area contributed by atoms with Crippen molar-refractivity contribution in [3.05, 3.63) is 28.2 Å². The lowest BCUT2D eigenvalue weighted by atomic mass is 10.0. The lowest BCUT2D eigenvalue weighted by Crippen LogP contribution is -2.30. The van der Waals surface area contributed by atoms with Gasteiger partial charge in [0.05, 0.1) is 18.1 Å². The summed E-state index contributed by atoms with van der Waals surface area (Å²) in [6.07, 6.45) is 1.77. The summed E-state index contributed by atoms with van der Waals surface area (Å²) in [6.45, 7) is 1.22. The lowest BCUT2D eigenvalue weighted by molar-refractivity contribution is -0.123. The number of nitrogens with one attached hydrogen (secondary N) is 1. The van der Waals surface area contributed by atoms with Crippen LogP contribution in [0.25, 0.3) is 0 Å². The molecule has 5 heteroatoms. The molecule has 1 amide bonds. The van der Waals surface area contributed by atoms with Crippen LogP contribution in [0.1, 0.15) is 18.4 Å². The van der Waals surface area contributed by atoms with Gasteiger partial charge in [0.25, 0.3) is 0 Å². The third-order valence-corrected chi connectivity index (χ3v) is 3.58. The molecule has 0 radical (unpaired) electrons. The highest BCUT2D eigenvalue weighted by Crippen LogP contribution is 2.22. The van der Waals surface area contributed by atoms with Crippen molar-refractivity contribution in [2.45, 2.75) is 12.8 Å². The third-order valence-electron chi connectivity index (χ3n) is 2.89. The molecule has 94 valence electrons. The smallest absolute Gasteiger partial charge is 0.229 e. The van der Waals surface area contributed by atoms with Crippen LogP contribution in [0.2, 0.25) is 0 Å². The highest BCUT2D eigenvalue weighted by Gasteiger charge is 2.21. The first-order valence-electron chi connectivity index (χ1n) is 5.79. The van der Waals surface area contributed by atoms with Gasteiger partial charge in [-0.2, -0.15) is 5.26 Å². The van der Waals surface area contributed by atoms with Crippen LogP contribution < -0.4 is 5.32 Å². The summed E-state index contributed by atoms with van der Waals surface area (Å²) in [4.78, 5) is 12.0. The zero-order valence-electron chi connectivity index (χ0n) is 9.78. The molecule has 18 heavy (non-hydrogen) atoms. The molecular weight excluding hydrogens is 296 g/mol. The molecule has 2 rings (SSSR count). The Morgan fingerprint density at radius 2 is 2.39 bits per heavy atom. The summed E-state index contributed by atoms with van der Waals surface area (Å²) in [7, 11) is 0. The Morgan fingerprint density at radius 1 is 1.56 bits per heavy atom. The van der Waals surface area contributed by atoms with Gasteiger partial charge in [-0.3, -0.25) is 4.79 Å². The van der Waals surface area contributed by atoms with Crippen molar-refractivity contribution in [3.8, 4) is 6.07 Å². The van der Waals surface area contributed by atoms with Crippen LogP contribution in [0.5, 0.6) is 0 Å². The zero-order chi connectivity index (χ0) is 13.0. The second-order valence-electron chi connectivity index (χ2n) is 4.21. The van der Waals surface area contributed by atoms with Crippen molar-refractivity contribution in [2.24, 2.45) is 5.92 Å². The van der Waals surface area contributed by atoms with E-state index >= 15 is 0 Å². The fraction of sp³-hybridized carbons (Fsp3) is 0.385. The van der Waals surface area contributed by atoms with E-state index < -0.39 is 0 Å². The molecule has 0 saturated carbocycles. The average molecular weight is 309 g/mol. The van der Waals surface area contributed by atoms with E-state index in [4.69, 9.17) is 10.00 Å². The predicted molar refractivity (Wildman–Crippen MR) is 71.0 cm³/mol. The Bertz CT molecular complexity index is 490. The number of carbonyl (C=O) groups is 1. The van der Waals surface area contributed by atoms with Gasteiger partial charge < -0.3 is 10.1 Å². The normalized spacial score (nSPS) is 19.0. The molecule has 1 aromatic rings. The third kappa shape index (κ3) is 3.09. The number of benzene rings is 1. The van der Waals surface area contributed by atoms with Crippen molar-refractivity contribution in [1.29, 1.82) is 5.26 Å². The molecule has 1 fully saturated rings. The summed E-state index contributed by atoms with van der Waals surface area (Å²) in [5.74, 6) is -0.131. The maximum atomic E-state index is 12.0. The molecule has 1 aromatic carbocycles. The molecule has 1 heterocycles. The number of amides is 1. The second kappa shape index (κ2) is 5.98. The van der Waals surface area contributed by atoms with Crippen LogP contribution in [0.15, 0.2) is 22.7 Å². The van der Waals surface area contributed by atoms with E-state index in [9.17, 15) is 4.79 Å². The predicted octanol–water partition coefficient (Wildman–Crippen LogP) is 2.69. The fourth-order valence-electron chi connectivity index (χ4n) is 1.88. The molecule has 1 aliphatic heterocycles. The molecule has 1 unspecified atom stereocenters. The molecule has 1 atom stereocenters. The van der Waals surface area contributed by atoms with E-state index in [0.717, 1.165) is 23.9 Å². The highest BCUT2D eigenvalue weighted by atomic mass is 79.9. The first kappa shape index (κ1) is 13.1. The molecule has 4 nitrogen and oxygen atoms in total. The minimum atomic E-state index is -0.0899. The minimum absolute atomic E-state index is 0.0408. The highest BCUT2D eigenvalue weighted by molar-refractivity contribution is 9.10. The van der Waals surface area contributed by atoms with Gasteiger partial charge in [-0.15, -0.1) is 0 Å². The van der Waals surface area contributed by atoms with Crippen molar-refractivity contribution in [1.82, 2.24) is 0 Å². The summed E-state index contributed by atoms with van der Waals surface area (Å²) >= 11 is 3.28. The number of halogens is 1. The first-order chi connectivity index (χ1) is 8.70. The molecule has 1 saturated heterocycles. The van der Waals surface area contributed by atoms with Gasteiger partial charge in [0.1, 0.15) is 6.07 Å². The number of hydrogen-bond acceptors (Lipinski definition) is 3. The molecule has 0 bridgehead atoms. The van der Waals surface area contributed by atoms with Gasteiger partial charge >= 0.3 is 0 Å². The zero-order valence-corrected chi connectivity index (χ0v) is 11.4. The fourth-order valence-corrected chi connectivity index (χ4v) is 2.22. The Labute approximate surface area is 114 Å². The van der Waals surface area contributed by atoms with Crippen molar-refractivity contribution in [3.63, 3.8) is 0 Å². The van der Waals surface area contributed by atoms with Crippen LogP contribution in [0.4, 0.5) is 5.69 Å². The number of anilines is 1. The van der Waals surface area contributed by atoms with Crippen LogP contribution in [-0.4, -0.2) is 19.1 Å². The van der Waals surface area contributed by atoms with Gasteiger partial charge in [-0.25, -0.2) is 0 Å². The maximum Gasteiger partial charge on any atom is 0.229 e. The molecule has 0 aromatic heterocycles. The topological polar surface area (TPSA) is 62.1 Å². The Balaban J connectivity index is 2.05. The van der Waals surface area contributed by atoms with E-state index in [0.29, 0.717) is 17.9 Å². The second-order valence-corrected chi connectivity index (χ2v) is 5.06. The molecule has 0 aliphatic carbocycles. The minimum Gasteiger partial charge on any atom is -0.381 e. The monoisotopic (exact) mass is 308 g/mol. The average Bonchev–Trinajstić information content (AvgIpc) is 2.42. The first-order valence-corrected chi connectivity index (χ1v) is 6.58. The molecular formula is C13H13BrN2O2. The Kier molecular flexibility index (Phi) is 4.34. The van der Waals surface area contributed by atoms with Crippen LogP contribution in [-0.2, 0) is 9.53 Å². The summed E-state index contributed by atoms with van der Waals surface area (Å²) in [5.41, 5.74) is 1.15. The summed E-state index contributed by atoms with van der Waals surface area (Å²) < 4.78 is 6.01. The van der Waals surface area contributed by atoms with Crippen LogP contribution >= 0.6 is 15.9 Å². The van der Waals surface area contributed by atoms with E-state index in [-0.39, 0.29) is 11.8 Å². The van der Waals surface area contributed by atoms with E-state index in [1.807, 2.05) is 0 Å². The van der Waals surface area contributed by atoms with E-state index in [1.54, 1.807) is 18.2 Å². The van der Waals surface area contributed by atoms with Crippen molar-refractivity contribution >= 4 is 27.5 Å². The standard InChI is InChI=1S/C13H13BrN2O2/c14-12-4-3-11(6-10(12)7-15)16-13(17)9-2-1-5-18-8-9/h3-4,6,9H,1-2,5,8H2,(H,16,17). The summed E-state index contributed by atoms with van der Waals surface area (Å²) in [6, 6.07) is 7.25. The van der Waals surface area contributed by atoms with Gasteiger partial charge in [0.2, 0.25) is 5.91 Å². The number of rotatable bonds is 2. The SMILES string of the molecule is N#Cc1cc(NC(=O)C2CCCOC2)ccc1Br. The quantitative estimate of drug-likeness (QED) is 0.913. The maximum absolute atomic E-state index is 12.0. The van der Waals surface area contributed by atoms with Gasteiger partial charge in [0, 0.05) is 16.8 Å². The number of nitriles is 1. The number of carbonyl (C=O) groups excluding carboxylic acids is 1. The van der Waals surface area contributed by atoms with Gasteiger partial charge in [0.15, 0.2) is 0 Å². The number of nitrogens with zero attached hydrogens (tertiary/aromatic N) is 1. The van der Waals surface area contributed by atoms with Crippen LogP contribution in [0.3, 0.4) is 0 Å². The molecule has 1 N–H and O–H groups in total. The van der Waals surface area contributed by atoms with E-state index in [1.165, 1.54) is 0 Å². The van der Waals surface area contributed by atoms with Gasteiger partial charge in [-0.05, 0) is 47.0 Å². The van der Waals surface area contributed by atoms with Crippen LogP contribution in [0, 0.1) is 17.2 Å².